The lowest BCUT2D eigenvalue weighted by Gasteiger charge is -2.31. The van der Waals surface area contributed by atoms with Gasteiger partial charge < -0.3 is 9.47 Å². The Morgan fingerprint density at radius 1 is 0.867 bits per heavy atom. The number of carbonyl (C=O) groups excluding carboxylic acids is 2. The zero-order valence-electron chi connectivity index (χ0n) is 16.3. The Morgan fingerprint density at radius 3 is 1.93 bits per heavy atom. The summed E-state index contributed by atoms with van der Waals surface area (Å²) in [5.74, 6) is -21.0. The fourth-order valence-electron chi connectivity index (χ4n) is 1.98. The van der Waals surface area contributed by atoms with E-state index in [0.29, 0.717) is 6.42 Å². The third-order valence-electron chi connectivity index (χ3n) is 3.79. The van der Waals surface area contributed by atoms with Crippen LogP contribution in [0.4, 0.5) is 35.1 Å². The summed E-state index contributed by atoms with van der Waals surface area (Å²) < 4.78 is 110. The Morgan fingerprint density at radius 2 is 1.40 bits per heavy atom. The summed E-state index contributed by atoms with van der Waals surface area (Å²) in [7, 11) is 0. The largest absolute Gasteiger partial charge is 0.465 e. The second-order valence-electron chi connectivity index (χ2n) is 6.34. The summed E-state index contributed by atoms with van der Waals surface area (Å²) in [6.07, 6.45) is 1.64. The zero-order valence-corrected chi connectivity index (χ0v) is 16.3. The number of ether oxygens (including phenoxy) is 2. The molecule has 0 heterocycles. The number of carbonyl (C=O) groups is 2. The van der Waals surface area contributed by atoms with Crippen LogP contribution < -0.4 is 0 Å². The lowest BCUT2D eigenvalue weighted by atomic mass is 10.1. The number of allylic oxidation sites excluding steroid dienone is 1. The van der Waals surface area contributed by atoms with E-state index < -0.39 is 55.6 Å². The molecule has 0 aromatic rings. The van der Waals surface area contributed by atoms with Crippen LogP contribution >= 0.6 is 0 Å². The predicted molar refractivity (Wildman–Crippen MR) is 89.9 cm³/mol. The van der Waals surface area contributed by atoms with Gasteiger partial charge in [0.2, 0.25) is 0 Å². The fourth-order valence-corrected chi connectivity index (χ4v) is 1.98. The minimum atomic E-state index is -6.46. The first-order valence-corrected chi connectivity index (χ1v) is 9.17. The van der Waals surface area contributed by atoms with Crippen LogP contribution in [-0.2, 0) is 19.1 Å². The van der Waals surface area contributed by atoms with Gasteiger partial charge in [-0.2, -0.15) is 26.3 Å². The Hall–Kier alpha value is -1.88. The van der Waals surface area contributed by atoms with Gasteiger partial charge in [0.25, 0.3) is 0 Å². The molecule has 0 amide bonds. The zero-order chi connectivity index (χ0) is 23.4. The average molecular weight is 456 g/mol. The molecule has 30 heavy (non-hydrogen) atoms. The molecule has 0 aliphatic rings. The van der Waals surface area contributed by atoms with E-state index in [1.165, 1.54) is 0 Å². The van der Waals surface area contributed by atoms with Crippen LogP contribution in [0.5, 0.6) is 0 Å². The second-order valence-corrected chi connectivity index (χ2v) is 6.34. The van der Waals surface area contributed by atoms with Crippen molar-refractivity contribution in [3.63, 3.8) is 0 Å². The van der Waals surface area contributed by atoms with Crippen LogP contribution in [-0.4, -0.2) is 49.3 Å². The van der Waals surface area contributed by atoms with E-state index in [1.54, 1.807) is 6.08 Å². The van der Waals surface area contributed by atoms with Crippen LogP contribution in [0, 0.1) is 0 Å². The van der Waals surface area contributed by atoms with Crippen molar-refractivity contribution >= 4 is 11.9 Å². The Kier molecular flexibility index (Phi) is 11.9. The second kappa shape index (κ2) is 12.7. The molecule has 0 saturated heterocycles. The Balaban J connectivity index is 4.26. The van der Waals surface area contributed by atoms with E-state index in [1.807, 2.05) is 6.08 Å². The third-order valence-corrected chi connectivity index (χ3v) is 3.79. The summed E-state index contributed by atoms with van der Waals surface area (Å²) >= 11 is 0. The lowest BCUT2D eigenvalue weighted by molar-refractivity contribution is -0.344. The standard InChI is InChI=1S/C18H24F8O4/c1-2-3-4-5-6-7-8-11-29-13(27)9-10-14(28)30-12-16(21,22)18(25,26)17(23,24)15(19)20/h6-7,15H,2-5,8-12H2,1H3/b7-6+. The Labute approximate surface area is 168 Å². The fraction of sp³-hybridized carbons (Fsp3) is 0.778. The molecule has 0 unspecified atom stereocenters. The number of alkyl halides is 8. The minimum Gasteiger partial charge on any atom is -0.465 e. The quantitative estimate of drug-likeness (QED) is 0.140. The van der Waals surface area contributed by atoms with Gasteiger partial charge in [0.05, 0.1) is 19.4 Å². The smallest absolute Gasteiger partial charge is 0.381 e. The maximum atomic E-state index is 13.2. The molecule has 12 heteroatoms. The summed E-state index contributed by atoms with van der Waals surface area (Å²) in [4.78, 5) is 22.6. The molecule has 0 spiro atoms. The molecule has 0 aromatic heterocycles. The number of halogens is 8. The number of esters is 2. The molecule has 0 fully saturated rings. The maximum absolute atomic E-state index is 13.2. The normalized spacial score (nSPS) is 13.1. The van der Waals surface area contributed by atoms with Gasteiger partial charge in [-0.1, -0.05) is 31.9 Å². The van der Waals surface area contributed by atoms with Crippen LogP contribution in [0.15, 0.2) is 12.2 Å². The number of unbranched alkanes of at least 4 members (excludes halogenated alkanes) is 3. The third kappa shape index (κ3) is 8.86. The maximum Gasteiger partial charge on any atom is 0.381 e. The summed E-state index contributed by atoms with van der Waals surface area (Å²) in [6.45, 7) is -0.504. The molecule has 176 valence electrons. The molecule has 0 bridgehead atoms. The monoisotopic (exact) mass is 456 g/mol. The molecular weight excluding hydrogens is 432 g/mol. The van der Waals surface area contributed by atoms with Gasteiger partial charge in [-0.15, -0.1) is 0 Å². The first-order valence-electron chi connectivity index (χ1n) is 9.17. The average Bonchev–Trinajstić information content (AvgIpc) is 2.66. The first-order chi connectivity index (χ1) is 13.8. The summed E-state index contributed by atoms with van der Waals surface area (Å²) in [6, 6.07) is 0. The van der Waals surface area contributed by atoms with Crippen molar-refractivity contribution in [3.05, 3.63) is 12.2 Å². The van der Waals surface area contributed by atoms with Crippen LogP contribution in [0.3, 0.4) is 0 Å². The molecule has 4 nitrogen and oxygen atoms in total. The van der Waals surface area contributed by atoms with Crippen LogP contribution in [0.2, 0.25) is 0 Å². The van der Waals surface area contributed by atoms with Crippen LogP contribution in [0.25, 0.3) is 0 Å². The van der Waals surface area contributed by atoms with Gasteiger partial charge in [-0.05, 0) is 19.3 Å². The molecule has 0 aliphatic heterocycles. The van der Waals surface area contributed by atoms with Gasteiger partial charge in [0, 0.05) is 0 Å². The van der Waals surface area contributed by atoms with Gasteiger partial charge in [0.15, 0.2) is 6.61 Å². The van der Waals surface area contributed by atoms with Gasteiger partial charge >= 0.3 is 36.1 Å². The van der Waals surface area contributed by atoms with E-state index in [4.69, 9.17) is 4.74 Å². The van der Waals surface area contributed by atoms with Crippen molar-refractivity contribution < 1.29 is 54.2 Å². The highest BCUT2D eigenvalue weighted by atomic mass is 19.4. The summed E-state index contributed by atoms with van der Waals surface area (Å²) in [5, 5.41) is 0. The SMILES string of the molecule is CCCCC/C=C/CCOC(=O)CCC(=O)OCC(F)(F)C(F)(F)C(F)(F)C(F)F. The van der Waals surface area contributed by atoms with Gasteiger partial charge in [0.1, 0.15) is 0 Å². The van der Waals surface area contributed by atoms with Gasteiger partial charge in [-0.3, -0.25) is 9.59 Å². The topological polar surface area (TPSA) is 52.6 Å². The first kappa shape index (κ1) is 28.1. The van der Waals surface area contributed by atoms with E-state index in [-0.39, 0.29) is 6.61 Å². The highest BCUT2D eigenvalue weighted by Crippen LogP contribution is 2.48. The van der Waals surface area contributed by atoms with E-state index in [2.05, 4.69) is 11.7 Å². The predicted octanol–water partition coefficient (Wildman–Crippen LogP) is 5.55. The highest BCUT2D eigenvalue weighted by Gasteiger charge is 2.75. The van der Waals surface area contributed by atoms with Crippen molar-refractivity contribution in [1.29, 1.82) is 0 Å². The van der Waals surface area contributed by atoms with E-state index in [0.717, 1.165) is 25.7 Å². The van der Waals surface area contributed by atoms with E-state index >= 15 is 0 Å². The molecule has 0 atom stereocenters. The molecule has 0 rings (SSSR count). The van der Waals surface area contributed by atoms with Crippen molar-refractivity contribution in [2.75, 3.05) is 13.2 Å². The van der Waals surface area contributed by atoms with E-state index in [9.17, 15) is 44.7 Å². The lowest BCUT2D eigenvalue weighted by Crippen LogP contribution is -2.59. The molecule has 0 radical (unpaired) electrons. The van der Waals surface area contributed by atoms with Crippen molar-refractivity contribution in [3.8, 4) is 0 Å². The minimum absolute atomic E-state index is 0.00877. The summed E-state index contributed by atoms with van der Waals surface area (Å²) in [5.41, 5.74) is 0. The van der Waals surface area contributed by atoms with Crippen molar-refractivity contribution in [2.24, 2.45) is 0 Å². The molecule has 0 saturated carbocycles. The van der Waals surface area contributed by atoms with Crippen LogP contribution in [0.1, 0.15) is 51.9 Å². The number of hydrogen-bond acceptors (Lipinski definition) is 4. The number of rotatable bonds is 15. The van der Waals surface area contributed by atoms with Crippen molar-refractivity contribution in [1.82, 2.24) is 0 Å². The molecule has 0 aromatic carbocycles. The van der Waals surface area contributed by atoms with Crippen molar-refractivity contribution in [2.45, 2.75) is 76.1 Å². The van der Waals surface area contributed by atoms with Gasteiger partial charge in [-0.25, -0.2) is 8.78 Å². The number of hydrogen-bond donors (Lipinski definition) is 0. The molecular formula is C18H24F8O4. The molecule has 0 aliphatic carbocycles. The Bertz CT molecular complexity index is 564. The molecule has 0 N–H and O–H groups in total. The highest BCUT2D eigenvalue weighted by molar-refractivity contribution is 5.77.